The lowest BCUT2D eigenvalue weighted by molar-refractivity contribution is -0.117. The second-order valence-corrected chi connectivity index (χ2v) is 15.3. The number of carbonyl (C=O) groups excluding carboxylic acids is 1. The number of hydrogen-bond donors (Lipinski definition) is 0. The Morgan fingerprint density at radius 3 is 2.39 bits per heavy atom. The quantitative estimate of drug-likeness (QED) is 0.280. The molecule has 3 fully saturated rings. The van der Waals surface area contributed by atoms with Gasteiger partial charge in [-0.05, 0) is 106 Å². The fraction of sp³-hybridized carbons (Fsp3) is 0.889. The molecule has 1 nitrogen and oxygen atoms in total. The zero-order valence-corrected chi connectivity index (χ0v) is 24.8. The van der Waals surface area contributed by atoms with Gasteiger partial charge in [0.15, 0.2) is 5.78 Å². The summed E-state index contributed by atoms with van der Waals surface area (Å²) in [5.41, 5.74) is 2.01. The van der Waals surface area contributed by atoms with E-state index in [0.29, 0.717) is 16.2 Å². The van der Waals surface area contributed by atoms with Gasteiger partial charge in [-0.3, -0.25) is 4.79 Å². The summed E-state index contributed by atoms with van der Waals surface area (Å²) in [6, 6.07) is 0. The van der Waals surface area contributed by atoms with Gasteiger partial charge in [0.2, 0.25) is 0 Å². The Hall–Kier alpha value is 0.850. The number of alkyl halides is 2. The molecule has 0 saturated heterocycles. The highest BCUT2D eigenvalue weighted by Gasteiger charge is 2.62. The summed E-state index contributed by atoms with van der Waals surface area (Å²) in [7, 11) is 0. The van der Waals surface area contributed by atoms with Crippen LogP contribution < -0.4 is 0 Å². The van der Waals surface area contributed by atoms with Crippen LogP contribution in [-0.2, 0) is 4.79 Å². The Balaban J connectivity index is 1.57. The van der Waals surface area contributed by atoms with Crippen molar-refractivity contribution in [1.82, 2.24) is 0 Å². The highest BCUT2D eigenvalue weighted by molar-refractivity contribution is 9.12. The third-order valence-corrected chi connectivity index (χ3v) is 12.6. The Morgan fingerprint density at radius 2 is 1.71 bits per heavy atom. The van der Waals surface area contributed by atoms with E-state index >= 15 is 0 Å². The van der Waals surface area contributed by atoms with Crippen LogP contribution >= 0.6 is 47.8 Å². The number of rotatable bonds is 5. The van der Waals surface area contributed by atoms with Gasteiger partial charge in [0.05, 0.1) is 9.31 Å². The maximum atomic E-state index is 12.7. The minimum Gasteiger partial charge on any atom is -0.292 e. The molecule has 4 aliphatic carbocycles. The maximum Gasteiger partial charge on any atom is 0.183 e. The Kier molecular flexibility index (Phi) is 7.36. The summed E-state index contributed by atoms with van der Waals surface area (Å²) in [6.07, 6.45) is 11.9. The number of Topliss-reactive ketones (excluding diaryl/α,β-unsaturated/α-hetero) is 1. The predicted molar refractivity (Wildman–Crippen MR) is 142 cm³/mol. The van der Waals surface area contributed by atoms with E-state index in [4.69, 9.17) is 0 Å². The Bertz CT molecular complexity index is 745. The van der Waals surface area contributed by atoms with E-state index in [0.717, 1.165) is 40.5 Å². The van der Waals surface area contributed by atoms with Gasteiger partial charge >= 0.3 is 0 Å². The first-order chi connectivity index (χ1) is 14.5. The van der Waals surface area contributed by atoms with Crippen molar-refractivity contribution in [3.8, 4) is 0 Å². The molecule has 9 unspecified atom stereocenters. The second kappa shape index (κ2) is 9.14. The summed E-state index contributed by atoms with van der Waals surface area (Å²) in [5.74, 6) is 5.18. The topological polar surface area (TPSA) is 17.1 Å². The third-order valence-electron chi connectivity index (χ3n) is 10.2. The monoisotopic (exact) mass is 618 g/mol. The molecule has 0 aromatic rings. The zero-order chi connectivity index (χ0) is 22.7. The first-order valence-electron chi connectivity index (χ1n) is 12.7. The van der Waals surface area contributed by atoms with Gasteiger partial charge in [-0.15, -0.1) is 0 Å². The Morgan fingerprint density at radius 1 is 1.00 bits per heavy atom. The number of hydrogen-bond acceptors (Lipinski definition) is 1. The molecule has 0 spiro atoms. The van der Waals surface area contributed by atoms with Gasteiger partial charge in [-0.2, -0.15) is 0 Å². The molecule has 0 aliphatic heterocycles. The van der Waals surface area contributed by atoms with Crippen molar-refractivity contribution in [2.45, 2.75) is 102 Å². The molecular weight excluding hydrogens is 580 g/mol. The first kappa shape index (κ1) is 25.0. The highest BCUT2D eigenvalue weighted by Crippen LogP contribution is 2.69. The van der Waals surface area contributed by atoms with Gasteiger partial charge in [-0.1, -0.05) is 85.7 Å². The van der Waals surface area contributed by atoms with E-state index in [1.54, 1.807) is 0 Å². The summed E-state index contributed by atoms with van der Waals surface area (Å²) in [6.45, 7) is 12.4. The number of halogens is 3. The molecule has 4 aliphatic rings. The van der Waals surface area contributed by atoms with Gasteiger partial charge in [0.25, 0.3) is 0 Å². The minimum absolute atomic E-state index is 0.0420. The minimum atomic E-state index is -0.0420. The SMILES string of the molecule is CC(C)CCCC(C)C1CCC2C3CC(Br)C4=C(Br)C(=O)C(Br)CC4(C)C3CCC12C. The number of carbonyl (C=O) groups is 1. The van der Waals surface area contributed by atoms with Crippen molar-refractivity contribution >= 4 is 53.6 Å². The smallest absolute Gasteiger partial charge is 0.183 e. The summed E-state index contributed by atoms with van der Waals surface area (Å²) in [5, 5.41) is 0. The van der Waals surface area contributed by atoms with Crippen molar-refractivity contribution < 1.29 is 4.79 Å². The first-order valence-corrected chi connectivity index (χ1v) is 15.4. The van der Waals surface area contributed by atoms with Crippen LogP contribution in [0.4, 0.5) is 0 Å². The molecule has 4 rings (SSSR count). The van der Waals surface area contributed by atoms with E-state index in [-0.39, 0.29) is 16.0 Å². The van der Waals surface area contributed by atoms with E-state index in [9.17, 15) is 4.79 Å². The van der Waals surface area contributed by atoms with E-state index in [1.807, 2.05) is 0 Å². The number of fused-ring (bicyclic) bond motifs is 5. The molecule has 0 heterocycles. The molecule has 0 bridgehead atoms. The Labute approximate surface area is 215 Å². The van der Waals surface area contributed by atoms with Crippen LogP contribution in [0.15, 0.2) is 10.1 Å². The molecule has 176 valence electrons. The van der Waals surface area contributed by atoms with Crippen molar-refractivity contribution in [2.75, 3.05) is 0 Å². The molecule has 4 heteroatoms. The number of ketones is 1. The molecule has 9 atom stereocenters. The molecule has 0 radical (unpaired) electrons. The van der Waals surface area contributed by atoms with Crippen molar-refractivity contribution in [3.05, 3.63) is 10.1 Å². The fourth-order valence-corrected chi connectivity index (χ4v) is 12.4. The molecule has 0 aromatic carbocycles. The van der Waals surface area contributed by atoms with Crippen LogP contribution in [0, 0.1) is 46.3 Å². The van der Waals surface area contributed by atoms with Crippen LogP contribution in [0.1, 0.15) is 92.4 Å². The molecule has 0 amide bonds. The molecule has 3 saturated carbocycles. The van der Waals surface area contributed by atoms with Crippen molar-refractivity contribution in [2.24, 2.45) is 46.3 Å². The molecular formula is C27H41Br3O. The summed E-state index contributed by atoms with van der Waals surface area (Å²) < 4.78 is 0.861. The van der Waals surface area contributed by atoms with Gasteiger partial charge in [-0.25, -0.2) is 0 Å². The van der Waals surface area contributed by atoms with Gasteiger partial charge < -0.3 is 0 Å². The highest BCUT2D eigenvalue weighted by atomic mass is 79.9. The molecule has 0 aromatic heterocycles. The van der Waals surface area contributed by atoms with Crippen LogP contribution in [0.25, 0.3) is 0 Å². The lowest BCUT2D eigenvalue weighted by Crippen LogP contribution is -2.55. The van der Waals surface area contributed by atoms with Crippen LogP contribution in [0.5, 0.6) is 0 Å². The maximum absolute atomic E-state index is 12.7. The summed E-state index contributed by atoms with van der Waals surface area (Å²) in [4.78, 5) is 13.0. The largest absolute Gasteiger partial charge is 0.292 e. The molecule has 31 heavy (non-hydrogen) atoms. The van der Waals surface area contributed by atoms with Crippen molar-refractivity contribution in [3.63, 3.8) is 0 Å². The predicted octanol–water partition coefficient (Wildman–Crippen LogP) is 9.07. The summed E-state index contributed by atoms with van der Waals surface area (Å²) >= 11 is 11.5. The average Bonchev–Trinajstić information content (AvgIpc) is 3.03. The normalized spacial score (nSPS) is 46.0. The van der Waals surface area contributed by atoms with Crippen LogP contribution in [0.3, 0.4) is 0 Å². The van der Waals surface area contributed by atoms with Crippen LogP contribution in [-0.4, -0.2) is 15.4 Å². The van der Waals surface area contributed by atoms with Gasteiger partial charge in [0, 0.05) is 4.83 Å². The van der Waals surface area contributed by atoms with Gasteiger partial charge in [0.1, 0.15) is 0 Å². The fourth-order valence-electron chi connectivity index (χ4n) is 8.73. The van der Waals surface area contributed by atoms with E-state index in [1.165, 1.54) is 56.9 Å². The van der Waals surface area contributed by atoms with E-state index < -0.39 is 0 Å². The zero-order valence-electron chi connectivity index (χ0n) is 20.0. The lowest BCUT2D eigenvalue weighted by Gasteiger charge is -2.60. The van der Waals surface area contributed by atoms with Crippen LogP contribution in [0.2, 0.25) is 0 Å². The molecule has 0 N–H and O–H groups in total. The second-order valence-electron chi connectivity index (χ2n) is 12.3. The standard InChI is InChI=1S/C27H41Br3O/c1-15(2)7-6-8-16(3)18-9-10-19-17-13-21(28)23-24(30)25(31)22(29)14-27(23,5)20(17)11-12-26(18,19)4/h15-22H,6-14H2,1-5H3. The average molecular weight is 621 g/mol. The number of allylic oxidation sites excluding steroid dienone is 1. The van der Waals surface area contributed by atoms with E-state index in [2.05, 4.69) is 82.4 Å². The van der Waals surface area contributed by atoms with Crippen molar-refractivity contribution in [1.29, 1.82) is 0 Å². The lowest BCUT2D eigenvalue weighted by atomic mass is 9.46. The third kappa shape index (κ3) is 4.13.